The molecule has 2 saturated heterocycles. The normalized spacial score (nSPS) is 18.7. The molecule has 0 radical (unpaired) electrons. The molecule has 0 aromatic carbocycles. The van der Waals surface area contributed by atoms with Crippen LogP contribution in [0.3, 0.4) is 0 Å². The molecule has 9 nitrogen and oxygen atoms in total. The van der Waals surface area contributed by atoms with Crippen LogP contribution in [0.25, 0.3) is 0 Å². The van der Waals surface area contributed by atoms with Crippen molar-refractivity contribution in [3.05, 3.63) is 0 Å². The minimum absolute atomic E-state index is 0. The van der Waals surface area contributed by atoms with E-state index in [9.17, 15) is 9.59 Å². The van der Waals surface area contributed by atoms with Crippen molar-refractivity contribution in [2.45, 2.75) is 52.6 Å². The maximum Gasteiger partial charge on any atom is 0.410 e. The molecule has 0 aliphatic carbocycles. The zero-order chi connectivity index (χ0) is 22.9. The van der Waals surface area contributed by atoms with Gasteiger partial charge in [0.1, 0.15) is 5.60 Å². The Morgan fingerprint density at radius 2 is 1.66 bits per heavy atom. The van der Waals surface area contributed by atoms with Crippen LogP contribution in [0.15, 0.2) is 4.99 Å². The standard InChI is InChI=1S/C22H41N5O4.HI/c1-6-30-19(28)18-8-12-26(13-9-18)20(23-5)24-10-7-11-25-14-16-27(17-15-25)21(29)31-22(2,3)4;/h18H,6-17H2,1-5H3,(H,23,24);1H. The largest absolute Gasteiger partial charge is 0.466 e. The number of aliphatic imine (C=N–C) groups is 1. The van der Waals surface area contributed by atoms with E-state index in [2.05, 4.69) is 20.1 Å². The average Bonchev–Trinajstić information content (AvgIpc) is 2.73. The monoisotopic (exact) mass is 567 g/mol. The number of ether oxygens (including phenoxy) is 2. The Morgan fingerprint density at radius 1 is 1.03 bits per heavy atom. The van der Waals surface area contributed by atoms with Gasteiger partial charge in [-0.25, -0.2) is 4.79 Å². The van der Waals surface area contributed by atoms with Crippen molar-refractivity contribution in [1.82, 2.24) is 20.0 Å². The van der Waals surface area contributed by atoms with E-state index in [4.69, 9.17) is 9.47 Å². The summed E-state index contributed by atoms with van der Waals surface area (Å²) in [7, 11) is 1.80. The van der Waals surface area contributed by atoms with Gasteiger partial charge in [-0.2, -0.15) is 0 Å². The van der Waals surface area contributed by atoms with Gasteiger partial charge < -0.3 is 24.6 Å². The number of carbonyl (C=O) groups excluding carboxylic acids is 2. The predicted octanol–water partition coefficient (Wildman–Crippen LogP) is 2.40. The van der Waals surface area contributed by atoms with Crippen molar-refractivity contribution in [1.29, 1.82) is 0 Å². The SMILES string of the molecule is CCOC(=O)C1CCN(C(=NC)NCCCN2CCN(C(=O)OC(C)(C)C)CC2)CC1.I. The van der Waals surface area contributed by atoms with Crippen LogP contribution in [0, 0.1) is 5.92 Å². The zero-order valence-corrected chi connectivity index (χ0v) is 22.7. The molecule has 0 bridgehead atoms. The van der Waals surface area contributed by atoms with Crippen molar-refractivity contribution in [3.63, 3.8) is 0 Å². The van der Waals surface area contributed by atoms with Crippen LogP contribution in [0.2, 0.25) is 0 Å². The van der Waals surface area contributed by atoms with Crippen molar-refractivity contribution in [3.8, 4) is 0 Å². The summed E-state index contributed by atoms with van der Waals surface area (Å²) < 4.78 is 10.6. The third-order valence-electron chi connectivity index (χ3n) is 5.58. The highest BCUT2D eigenvalue weighted by Gasteiger charge is 2.28. The third kappa shape index (κ3) is 9.68. The number of guanidine groups is 1. The molecule has 0 atom stereocenters. The van der Waals surface area contributed by atoms with Gasteiger partial charge in [-0.05, 0) is 53.5 Å². The molecule has 2 aliphatic heterocycles. The molecule has 10 heteroatoms. The first-order valence-electron chi connectivity index (χ1n) is 11.6. The first-order valence-corrected chi connectivity index (χ1v) is 11.6. The highest BCUT2D eigenvalue weighted by Crippen LogP contribution is 2.18. The Kier molecular flexibility index (Phi) is 12.6. The van der Waals surface area contributed by atoms with Gasteiger partial charge in [-0.1, -0.05) is 0 Å². The molecule has 2 fully saturated rings. The van der Waals surface area contributed by atoms with Gasteiger partial charge in [-0.15, -0.1) is 24.0 Å². The van der Waals surface area contributed by atoms with Gasteiger partial charge in [-0.3, -0.25) is 14.7 Å². The van der Waals surface area contributed by atoms with Crippen LogP contribution in [0.1, 0.15) is 47.0 Å². The molecule has 186 valence electrons. The number of nitrogens with zero attached hydrogens (tertiary/aromatic N) is 4. The van der Waals surface area contributed by atoms with Crippen LogP contribution < -0.4 is 5.32 Å². The van der Waals surface area contributed by atoms with E-state index in [1.54, 1.807) is 11.9 Å². The summed E-state index contributed by atoms with van der Waals surface area (Å²) >= 11 is 0. The Bertz CT molecular complexity index is 610. The summed E-state index contributed by atoms with van der Waals surface area (Å²) in [4.78, 5) is 34.9. The van der Waals surface area contributed by atoms with Crippen LogP contribution in [0.4, 0.5) is 4.79 Å². The average molecular weight is 568 g/mol. The number of hydrogen-bond acceptors (Lipinski definition) is 6. The molecular formula is C22H42IN5O4. The molecule has 1 N–H and O–H groups in total. The Morgan fingerprint density at radius 3 is 2.19 bits per heavy atom. The Labute approximate surface area is 210 Å². The van der Waals surface area contributed by atoms with E-state index in [-0.39, 0.29) is 42.0 Å². The number of rotatable bonds is 6. The first kappa shape index (κ1) is 28.7. The highest BCUT2D eigenvalue weighted by molar-refractivity contribution is 14.0. The molecule has 1 amide bonds. The molecule has 32 heavy (non-hydrogen) atoms. The zero-order valence-electron chi connectivity index (χ0n) is 20.4. The van der Waals surface area contributed by atoms with E-state index < -0.39 is 5.60 Å². The number of likely N-dealkylation sites (tertiary alicyclic amines) is 1. The number of piperidine rings is 1. The second-order valence-corrected chi connectivity index (χ2v) is 9.15. The molecule has 2 aliphatic rings. The van der Waals surface area contributed by atoms with E-state index in [1.807, 2.05) is 27.7 Å². The number of esters is 1. The van der Waals surface area contributed by atoms with E-state index >= 15 is 0 Å². The lowest BCUT2D eigenvalue weighted by atomic mass is 9.97. The molecule has 2 heterocycles. The van der Waals surface area contributed by atoms with Crippen molar-refractivity contribution < 1.29 is 19.1 Å². The molecule has 0 aromatic rings. The summed E-state index contributed by atoms with van der Waals surface area (Å²) in [6, 6.07) is 0. The van der Waals surface area contributed by atoms with E-state index in [1.165, 1.54) is 0 Å². The van der Waals surface area contributed by atoms with E-state index in [0.717, 1.165) is 64.5 Å². The summed E-state index contributed by atoms with van der Waals surface area (Å²) in [5.74, 6) is 0.836. The number of nitrogens with one attached hydrogen (secondary N) is 1. The number of carbonyl (C=O) groups is 2. The summed E-state index contributed by atoms with van der Waals surface area (Å²) in [5.41, 5.74) is -0.452. The molecule has 2 rings (SSSR count). The van der Waals surface area contributed by atoms with Gasteiger partial charge in [0.2, 0.25) is 0 Å². The van der Waals surface area contributed by atoms with Gasteiger partial charge >= 0.3 is 12.1 Å². The summed E-state index contributed by atoms with van der Waals surface area (Å²) in [6.45, 7) is 14.6. The molecular weight excluding hydrogens is 525 g/mol. The number of piperazine rings is 1. The minimum atomic E-state index is -0.452. The number of amides is 1. The highest BCUT2D eigenvalue weighted by atomic mass is 127. The van der Waals surface area contributed by atoms with Crippen molar-refractivity contribution in [2.75, 3.05) is 66.0 Å². The van der Waals surface area contributed by atoms with Crippen LogP contribution in [-0.2, 0) is 14.3 Å². The maximum atomic E-state index is 12.2. The Hall–Kier alpha value is -1.30. The second-order valence-electron chi connectivity index (χ2n) is 9.15. The maximum absolute atomic E-state index is 12.2. The predicted molar refractivity (Wildman–Crippen MR) is 137 cm³/mol. The quantitative estimate of drug-likeness (QED) is 0.174. The summed E-state index contributed by atoms with van der Waals surface area (Å²) in [5, 5.41) is 3.45. The van der Waals surface area contributed by atoms with Gasteiger partial charge in [0, 0.05) is 52.9 Å². The number of hydrogen-bond donors (Lipinski definition) is 1. The fraction of sp³-hybridized carbons (Fsp3) is 0.864. The van der Waals surface area contributed by atoms with Crippen molar-refractivity contribution >= 4 is 42.0 Å². The lowest BCUT2D eigenvalue weighted by molar-refractivity contribution is -0.149. The molecule has 0 spiro atoms. The fourth-order valence-corrected chi connectivity index (χ4v) is 3.90. The fourth-order valence-electron chi connectivity index (χ4n) is 3.90. The van der Waals surface area contributed by atoms with Gasteiger partial charge in [0.05, 0.1) is 12.5 Å². The first-order chi connectivity index (χ1) is 14.7. The minimum Gasteiger partial charge on any atom is -0.466 e. The van der Waals surface area contributed by atoms with Crippen LogP contribution in [0.5, 0.6) is 0 Å². The lowest BCUT2D eigenvalue weighted by Gasteiger charge is -2.36. The molecule has 0 saturated carbocycles. The van der Waals surface area contributed by atoms with Crippen LogP contribution >= 0.6 is 24.0 Å². The lowest BCUT2D eigenvalue weighted by Crippen LogP contribution is -2.50. The second kappa shape index (κ2) is 14.1. The van der Waals surface area contributed by atoms with Crippen molar-refractivity contribution in [2.24, 2.45) is 10.9 Å². The molecule has 0 aromatic heterocycles. The Balaban J connectivity index is 0.00000512. The smallest absolute Gasteiger partial charge is 0.410 e. The topological polar surface area (TPSA) is 86.7 Å². The third-order valence-corrected chi connectivity index (χ3v) is 5.58. The van der Waals surface area contributed by atoms with E-state index in [0.29, 0.717) is 19.7 Å². The van der Waals surface area contributed by atoms with Gasteiger partial charge in [0.25, 0.3) is 0 Å². The van der Waals surface area contributed by atoms with Gasteiger partial charge in [0.15, 0.2) is 5.96 Å². The summed E-state index contributed by atoms with van der Waals surface area (Å²) in [6.07, 6.45) is 2.40. The van der Waals surface area contributed by atoms with Crippen LogP contribution in [-0.4, -0.2) is 104 Å². The molecule has 0 unspecified atom stereocenters. The number of halogens is 1.